The molecule has 2 aromatic heterocycles. The number of carbonyl (C=O) groups is 1. The molecular weight excluding hydrogens is 338 g/mol. The van der Waals surface area contributed by atoms with Gasteiger partial charge in [0.15, 0.2) is 5.75 Å². The van der Waals surface area contributed by atoms with E-state index in [1.165, 1.54) is 23.5 Å². The molecule has 2 N–H and O–H groups in total. The van der Waals surface area contributed by atoms with Gasteiger partial charge in [-0.1, -0.05) is 0 Å². The molecule has 0 saturated carbocycles. The van der Waals surface area contributed by atoms with Crippen LogP contribution in [0.1, 0.15) is 19.3 Å². The summed E-state index contributed by atoms with van der Waals surface area (Å²) in [4.78, 5) is 32.4. The number of hydrogen-bond acceptors (Lipinski definition) is 6. The number of hydrogen-bond donors (Lipinski definition) is 2. The summed E-state index contributed by atoms with van der Waals surface area (Å²) in [5, 5.41) is 13.1. The first-order valence-electron chi connectivity index (χ1n) is 8.35. The molecule has 0 radical (unpaired) electrons. The van der Waals surface area contributed by atoms with Crippen molar-refractivity contribution < 1.29 is 14.6 Å². The number of H-pyrrole nitrogens is 1. The van der Waals surface area contributed by atoms with Crippen LogP contribution in [0, 0.1) is 0 Å². The summed E-state index contributed by atoms with van der Waals surface area (Å²) < 4.78 is 5.79. The molecule has 0 spiro atoms. The fraction of sp³-hybridized carbons (Fsp3) is 0.294. The minimum Gasteiger partial charge on any atom is -0.449 e. The maximum Gasteiger partial charge on any atom is 0.511 e. The summed E-state index contributed by atoms with van der Waals surface area (Å²) in [7, 11) is 0. The van der Waals surface area contributed by atoms with Crippen LogP contribution >= 0.6 is 0 Å². The summed E-state index contributed by atoms with van der Waals surface area (Å²) in [6.07, 6.45) is 4.69. The number of piperidine rings is 1. The first kappa shape index (κ1) is 16.1. The van der Waals surface area contributed by atoms with Crippen LogP contribution in [0.2, 0.25) is 0 Å². The lowest BCUT2D eigenvalue weighted by Crippen LogP contribution is -2.29. The fourth-order valence-corrected chi connectivity index (χ4v) is 3.15. The van der Waals surface area contributed by atoms with Gasteiger partial charge < -0.3 is 14.7 Å². The van der Waals surface area contributed by atoms with Gasteiger partial charge in [0, 0.05) is 18.8 Å². The molecule has 1 aromatic carbocycles. The maximum atomic E-state index is 12.5. The number of aromatic nitrogens is 4. The molecule has 1 fully saturated rings. The third kappa shape index (κ3) is 3.10. The zero-order valence-electron chi connectivity index (χ0n) is 13.9. The van der Waals surface area contributed by atoms with Crippen LogP contribution in [0.15, 0.2) is 35.4 Å². The van der Waals surface area contributed by atoms with Crippen LogP contribution in [0.4, 0.5) is 10.5 Å². The molecule has 3 heterocycles. The third-order valence-corrected chi connectivity index (χ3v) is 4.38. The van der Waals surface area contributed by atoms with Gasteiger partial charge in [0.1, 0.15) is 0 Å². The smallest absolute Gasteiger partial charge is 0.449 e. The molecule has 0 bridgehead atoms. The Bertz CT molecular complexity index is 1020. The first-order chi connectivity index (χ1) is 12.6. The van der Waals surface area contributed by atoms with Crippen molar-refractivity contribution in [3.05, 3.63) is 40.9 Å². The minimum atomic E-state index is -1.44. The van der Waals surface area contributed by atoms with E-state index in [9.17, 15) is 9.59 Å². The Hall–Kier alpha value is -3.36. The second kappa shape index (κ2) is 6.51. The van der Waals surface area contributed by atoms with E-state index in [1.54, 1.807) is 0 Å². The SMILES string of the molecule is O=C(O)Oc1cnn(-c2nc3ccc(N4CCCCC4)cc3c(=O)[nH]2)c1. The highest BCUT2D eigenvalue weighted by Crippen LogP contribution is 2.23. The molecule has 26 heavy (non-hydrogen) atoms. The maximum absolute atomic E-state index is 12.5. The van der Waals surface area contributed by atoms with Crippen LogP contribution in [0.3, 0.4) is 0 Å². The van der Waals surface area contributed by atoms with Crippen LogP contribution in [-0.2, 0) is 0 Å². The summed E-state index contributed by atoms with van der Waals surface area (Å²) >= 11 is 0. The van der Waals surface area contributed by atoms with Gasteiger partial charge in [-0.3, -0.25) is 9.78 Å². The molecule has 0 atom stereocenters. The van der Waals surface area contributed by atoms with Crippen molar-refractivity contribution in [2.75, 3.05) is 18.0 Å². The van der Waals surface area contributed by atoms with E-state index in [-0.39, 0.29) is 17.3 Å². The van der Waals surface area contributed by atoms with E-state index in [1.807, 2.05) is 18.2 Å². The monoisotopic (exact) mass is 355 g/mol. The Balaban J connectivity index is 1.69. The first-order valence-corrected chi connectivity index (χ1v) is 8.35. The van der Waals surface area contributed by atoms with Crippen molar-refractivity contribution >= 4 is 22.7 Å². The largest absolute Gasteiger partial charge is 0.511 e. The van der Waals surface area contributed by atoms with Gasteiger partial charge in [0.05, 0.1) is 23.3 Å². The Morgan fingerprint density at radius 2 is 2.04 bits per heavy atom. The number of rotatable bonds is 3. The van der Waals surface area contributed by atoms with Gasteiger partial charge in [-0.15, -0.1) is 0 Å². The second-order valence-electron chi connectivity index (χ2n) is 6.13. The van der Waals surface area contributed by atoms with E-state index in [4.69, 9.17) is 5.11 Å². The summed E-state index contributed by atoms with van der Waals surface area (Å²) in [5.74, 6) is 0.231. The molecule has 0 unspecified atom stereocenters. The number of nitrogens with one attached hydrogen (secondary N) is 1. The average molecular weight is 355 g/mol. The molecule has 0 aliphatic carbocycles. The number of benzene rings is 1. The van der Waals surface area contributed by atoms with Crippen molar-refractivity contribution in [1.29, 1.82) is 0 Å². The Morgan fingerprint density at radius 1 is 1.23 bits per heavy atom. The predicted octanol–water partition coefficient (Wildman–Crippen LogP) is 2.16. The molecular formula is C17H17N5O4. The zero-order chi connectivity index (χ0) is 18.1. The molecule has 1 aliphatic rings. The number of fused-ring (bicyclic) bond motifs is 1. The average Bonchev–Trinajstić information content (AvgIpc) is 3.10. The highest BCUT2D eigenvalue weighted by atomic mass is 16.7. The van der Waals surface area contributed by atoms with E-state index < -0.39 is 6.16 Å². The summed E-state index contributed by atoms with van der Waals surface area (Å²) in [6, 6.07) is 5.64. The minimum absolute atomic E-state index is 0.0423. The van der Waals surface area contributed by atoms with E-state index in [2.05, 4.69) is 24.7 Å². The van der Waals surface area contributed by atoms with Crippen LogP contribution in [-0.4, -0.2) is 44.1 Å². The molecule has 9 heteroatoms. The highest BCUT2D eigenvalue weighted by Gasteiger charge is 2.14. The standard InChI is InChI=1S/C17H17N5O4/c23-15-13-8-11(21-6-2-1-3-7-21)4-5-14(13)19-16(20-15)22-10-12(9-18-22)26-17(24)25/h4-5,8-10H,1-3,6-7H2,(H,24,25)(H,19,20,23). The Labute approximate surface area is 147 Å². The van der Waals surface area contributed by atoms with Crippen LogP contribution < -0.4 is 15.2 Å². The quantitative estimate of drug-likeness (QED) is 0.692. The molecule has 1 aliphatic heterocycles. The fourth-order valence-electron chi connectivity index (χ4n) is 3.15. The molecule has 4 rings (SSSR count). The number of nitrogens with zero attached hydrogens (tertiary/aromatic N) is 4. The summed E-state index contributed by atoms with van der Waals surface area (Å²) in [6.45, 7) is 1.99. The third-order valence-electron chi connectivity index (χ3n) is 4.38. The van der Waals surface area contributed by atoms with Crippen molar-refractivity contribution in [2.45, 2.75) is 19.3 Å². The highest BCUT2D eigenvalue weighted by molar-refractivity contribution is 5.82. The lowest BCUT2D eigenvalue weighted by molar-refractivity contribution is 0.144. The number of aromatic amines is 1. The van der Waals surface area contributed by atoms with Crippen LogP contribution in [0.25, 0.3) is 16.9 Å². The van der Waals surface area contributed by atoms with Crippen molar-refractivity contribution in [1.82, 2.24) is 19.7 Å². The molecule has 0 amide bonds. The molecule has 134 valence electrons. The Kier molecular flexibility index (Phi) is 4.04. The lowest BCUT2D eigenvalue weighted by Gasteiger charge is -2.28. The zero-order valence-corrected chi connectivity index (χ0v) is 13.9. The van der Waals surface area contributed by atoms with Crippen molar-refractivity contribution in [3.8, 4) is 11.7 Å². The lowest BCUT2D eigenvalue weighted by atomic mass is 10.1. The van der Waals surface area contributed by atoms with Gasteiger partial charge in [-0.05, 0) is 37.5 Å². The van der Waals surface area contributed by atoms with Gasteiger partial charge in [0.2, 0.25) is 5.95 Å². The van der Waals surface area contributed by atoms with Gasteiger partial charge in [-0.2, -0.15) is 5.10 Å². The molecule has 1 saturated heterocycles. The number of carboxylic acid groups (broad SMARTS) is 1. The van der Waals surface area contributed by atoms with E-state index in [0.717, 1.165) is 31.6 Å². The van der Waals surface area contributed by atoms with Gasteiger partial charge in [0.25, 0.3) is 5.56 Å². The normalized spacial score (nSPS) is 14.5. The predicted molar refractivity (Wildman–Crippen MR) is 94.2 cm³/mol. The van der Waals surface area contributed by atoms with Gasteiger partial charge in [-0.25, -0.2) is 14.5 Å². The number of ether oxygens (including phenoxy) is 1. The summed E-state index contributed by atoms with van der Waals surface area (Å²) in [5.41, 5.74) is 1.29. The Morgan fingerprint density at radius 3 is 2.81 bits per heavy atom. The molecule has 3 aromatic rings. The van der Waals surface area contributed by atoms with E-state index >= 15 is 0 Å². The van der Waals surface area contributed by atoms with Gasteiger partial charge >= 0.3 is 6.16 Å². The second-order valence-corrected chi connectivity index (χ2v) is 6.13. The number of anilines is 1. The molecule has 9 nitrogen and oxygen atoms in total. The van der Waals surface area contributed by atoms with Crippen molar-refractivity contribution in [2.24, 2.45) is 0 Å². The van der Waals surface area contributed by atoms with E-state index in [0.29, 0.717) is 10.9 Å². The topological polar surface area (TPSA) is 113 Å². The van der Waals surface area contributed by atoms with Crippen LogP contribution in [0.5, 0.6) is 5.75 Å². The van der Waals surface area contributed by atoms with Crippen molar-refractivity contribution in [3.63, 3.8) is 0 Å².